The van der Waals surface area contributed by atoms with Crippen LogP contribution in [-0.2, 0) is 14.3 Å². The van der Waals surface area contributed by atoms with Gasteiger partial charge in [-0.1, -0.05) is 0 Å². The summed E-state index contributed by atoms with van der Waals surface area (Å²) < 4.78 is 9.78. The lowest BCUT2D eigenvalue weighted by Gasteiger charge is -2.15. The van der Waals surface area contributed by atoms with Crippen molar-refractivity contribution in [3.63, 3.8) is 0 Å². The lowest BCUT2D eigenvalue weighted by Crippen LogP contribution is -3.16. The van der Waals surface area contributed by atoms with E-state index in [9.17, 15) is 4.79 Å². The summed E-state index contributed by atoms with van der Waals surface area (Å²) in [7, 11) is 3.22. The van der Waals surface area contributed by atoms with Crippen LogP contribution in [0.1, 0.15) is 0 Å². The molecule has 0 fully saturated rings. The summed E-state index contributed by atoms with van der Waals surface area (Å²) >= 11 is 0. The number of nitrogens with one attached hydrogen (secondary N) is 1. The van der Waals surface area contributed by atoms with Gasteiger partial charge in [-0.3, -0.25) is 4.90 Å². The van der Waals surface area contributed by atoms with E-state index in [4.69, 9.17) is 15.2 Å². The minimum atomic E-state index is 0.00843. The summed E-state index contributed by atoms with van der Waals surface area (Å²) in [5, 5.41) is 0. The Bertz CT molecular complexity index is 133. The minimum Gasteiger partial charge on any atom is -0.379 e. The molecule has 0 aromatic carbocycles. The SMILES string of the molecule is COCC[NH+](CCOC)C(=O)CN. The van der Waals surface area contributed by atoms with Crippen molar-refractivity contribution in [3.05, 3.63) is 0 Å². The van der Waals surface area contributed by atoms with E-state index < -0.39 is 0 Å². The van der Waals surface area contributed by atoms with Crippen LogP contribution in [0, 0.1) is 0 Å². The Labute approximate surface area is 78.8 Å². The predicted molar refractivity (Wildman–Crippen MR) is 48.5 cm³/mol. The number of methoxy groups -OCH3 is 2. The highest BCUT2D eigenvalue weighted by Crippen LogP contribution is 1.64. The van der Waals surface area contributed by atoms with Gasteiger partial charge < -0.3 is 15.2 Å². The fourth-order valence-corrected chi connectivity index (χ4v) is 0.999. The molecule has 0 saturated heterocycles. The van der Waals surface area contributed by atoms with Gasteiger partial charge in [0.2, 0.25) is 0 Å². The molecule has 0 spiro atoms. The number of rotatable bonds is 7. The molecular weight excluding hydrogens is 172 g/mol. The monoisotopic (exact) mass is 191 g/mol. The van der Waals surface area contributed by atoms with Gasteiger partial charge in [0, 0.05) is 14.2 Å². The van der Waals surface area contributed by atoms with Gasteiger partial charge in [-0.2, -0.15) is 0 Å². The number of carbonyl (C=O) groups is 1. The molecular formula is C8H19N2O3+. The summed E-state index contributed by atoms with van der Waals surface area (Å²) in [5.41, 5.74) is 5.26. The van der Waals surface area contributed by atoms with Gasteiger partial charge in [0.25, 0.3) is 0 Å². The van der Waals surface area contributed by atoms with Crippen molar-refractivity contribution in [2.24, 2.45) is 5.73 Å². The molecule has 5 nitrogen and oxygen atoms in total. The van der Waals surface area contributed by atoms with E-state index in [1.54, 1.807) is 14.2 Å². The Balaban J connectivity index is 3.79. The maximum absolute atomic E-state index is 11.3. The molecule has 5 heteroatoms. The van der Waals surface area contributed by atoms with Crippen molar-refractivity contribution < 1.29 is 19.2 Å². The highest BCUT2D eigenvalue weighted by Gasteiger charge is 2.16. The molecule has 1 amide bonds. The van der Waals surface area contributed by atoms with E-state index in [1.807, 2.05) is 0 Å². The topological polar surface area (TPSA) is 66.0 Å². The van der Waals surface area contributed by atoms with Crippen molar-refractivity contribution in [1.29, 1.82) is 0 Å². The standard InChI is InChI=1S/C8H18N2O3/c1-12-5-3-10(4-6-13-2)8(11)7-9/h3-7,9H2,1-2H3/p+1. The van der Waals surface area contributed by atoms with Crippen molar-refractivity contribution >= 4 is 5.91 Å². The van der Waals surface area contributed by atoms with E-state index in [2.05, 4.69) is 0 Å². The largest absolute Gasteiger partial charge is 0.379 e. The number of amides is 1. The highest BCUT2D eigenvalue weighted by molar-refractivity contribution is 5.68. The first-order chi connectivity index (χ1) is 6.26. The van der Waals surface area contributed by atoms with Gasteiger partial charge >= 0.3 is 5.91 Å². The number of carbonyl (C=O) groups excluding carboxylic acids is 1. The van der Waals surface area contributed by atoms with Crippen LogP contribution in [0.5, 0.6) is 0 Å². The van der Waals surface area contributed by atoms with Crippen molar-refractivity contribution in [3.8, 4) is 0 Å². The second-order valence-electron chi connectivity index (χ2n) is 2.72. The van der Waals surface area contributed by atoms with Crippen LogP contribution >= 0.6 is 0 Å². The van der Waals surface area contributed by atoms with Gasteiger partial charge in [0.1, 0.15) is 19.6 Å². The summed E-state index contributed by atoms with van der Waals surface area (Å²) in [5.74, 6) is 0.00843. The van der Waals surface area contributed by atoms with Crippen molar-refractivity contribution in [1.82, 2.24) is 0 Å². The molecule has 0 aliphatic carbocycles. The average Bonchev–Trinajstić information content (AvgIpc) is 2.17. The highest BCUT2D eigenvalue weighted by atomic mass is 16.5. The molecule has 0 aromatic heterocycles. The van der Waals surface area contributed by atoms with Crippen LogP contribution in [-0.4, -0.2) is 53.0 Å². The van der Waals surface area contributed by atoms with E-state index in [0.717, 1.165) is 4.90 Å². The molecule has 0 rings (SSSR count). The maximum Gasteiger partial charge on any atom is 0.325 e. The zero-order chi connectivity index (χ0) is 10.1. The summed E-state index contributed by atoms with van der Waals surface area (Å²) in [6.07, 6.45) is 0. The van der Waals surface area contributed by atoms with E-state index in [0.29, 0.717) is 26.3 Å². The van der Waals surface area contributed by atoms with Crippen LogP contribution in [0.15, 0.2) is 0 Å². The fourth-order valence-electron chi connectivity index (χ4n) is 0.999. The van der Waals surface area contributed by atoms with Crippen LogP contribution in [0.25, 0.3) is 0 Å². The van der Waals surface area contributed by atoms with Crippen LogP contribution in [0.4, 0.5) is 0 Å². The minimum absolute atomic E-state index is 0.00843. The molecule has 3 N–H and O–H groups in total. The van der Waals surface area contributed by atoms with Crippen molar-refractivity contribution in [2.45, 2.75) is 0 Å². The normalized spacial score (nSPS) is 10.8. The zero-order valence-corrected chi connectivity index (χ0v) is 8.34. The average molecular weight is 191 g/mol. The summed E-state index contributed by atoms with van der Waals surface area (Å²) in [6.45, 7) is 2.49. The number of hydrogen-bond donors (Lipinski definition) is 2. The lowest BCUT2D eigenvalue weighted by atomic mass is 10.4. The number of ether oxygens (including phenoxy) is 2. The smallest absolute Gasteiger partial charge is 0.325 e. The lowest BCUT2D eigenvalue weighted by molar-refractivity contribution is -0.821. The van der Waals surface area contributed by atoms with Crippen LogP contribution in [0.3, 0.4) is 0 Å². The van der Waals surface area contributed by atoms with Crippen molar-refractivity contribution in [2.75, 3.05) is 47.1 Å². The molecule has 13 heavy (non-hydrogen) atoms. The van der Waals surface area contributed by atoms with Gasteiger partial charge in [-0.25, -0.2) is 4.79 Å². The molecule has 0 heterocycles. The number of nitrogens with two attached hydrogens (primary N) is 1. The Morgan fingerprint density at radius 3 is 2.00 bits per heavy atom. The van der Waals surface area contributed by atoms with Crippen LogP contribution in [0.2, 0.25) is 0 Å². The molecule has 0 bridgehead atoms. The maximum atomic E-state index is 11.3. The molecule has 0 saturated carbocycles. The first-order valence-corrected chi connectivity index (χ1v) is 4.32. The van der Waals surface area contributed by atoms with Gasteiger partial charge in [-0.05, 0) is 0 Å². The Kier molecular flexibility index (Phi) is 7.82. The third-order valence-corrected chi connectivity index (χ3v) is 1.80. The fraction of sp³-hybridized carbons (Fsp3) is 0.875. The van der Waals surface area contributed by atoms with Gasteiger partial charge in [0.15, 0.2) is 0 Å². The Morgan fingerprint density at radius 2 is 1.69 bits per heavy atom. The van der Waals surface area contributed by atoms with Gasteiger partial charge in [-0.15, -0.1) is 0 Å². The zero-order valence-electron chi connectivity index (χ0n) is 8.34. The second-order valence-corrected chi connectivity index (χ2v) is 2.72. The predicted octanol–water partition coefficient (Wildman–Crippen LogP) is -2.35. The van der Waals surface area contributed by atoms with E-state index >= 15 is 0 Å². The second kappa shape index (κ2) is 8.12. The molecule has 78 valence electrons. The molecule has 0 radical (unpaired) electrons. The first-order valence-electron chi connectivity index (χ1n) is 4.32. The first kappa shape index (κ1) is 12.5. The third-order valence-electron chi connectivity index (χ3n) is 1.80. The number of hydrogen-bond acceptors (Lipinski definition) is 4. The molecule has 0 aromatic rings. The molecule has 0 aliphatic rings. The third kappa shape index (κ3) is 5.70. The van der Waals surface area contributed by atoms with Gasteiger partial charge in [0.05, 0.1) is 13.2 Å². The Hall–Kier alpha value is -0.490. The quantitative estimate of drug-likeness (QED) is 0.473. The summed E-state index contributed by atoms with van der Waals surface area (Å²) in [6, 6.07) is 0. The van der Waals surface area contributed by atoms with Crippen LogP contribution < -0.4 is 10.6 Å². The van der Waals surface area contributed by atoms with E-state index in [1.165, 1.54) is 0 Å². The molecule has 0 aliphatic heterocycles. The van der Waals surface area contributed by atoms with E-state index in [-0.39, 0.29) is 12.5 Å². The molecule has 0 atom stereocenters. The number of quaternary nitrogens is 1. The molecule has 0 unspecified atom stereocenters. The summed E-state index contributed by atoms with van der Waals surface area (Å²) in [4.78, 5) is 12.1. The Morgan fingerprint density at radius 1 is 1.23 bits per heavy atom.